The standard InChI is InChI=1S/C31H35N3O4S/c1-37-29(35)19-25-17-26(34(31(25)36)16-6-9-21-7-4-3-5-8-21)20-38-27-15-14-24(18-28(27)39-2)22-10-12-23(13-11-22)30(32)33/h3-5,7-8,10-15,18,25-26H,6,9,16-17,19-20H2,1-2H3,(H3,32,33)/t25-,26-/m0/s1. The molecule has 1 heterocycles. The molecule has 1 fully saturated rings. The minimum Gasteiger partial charge on any atom is -0.490 e. The van der Waals surface area contributed by atoms with Crippen molar-refractivity contribution in [3.05, 3.63) is 83.9 Å². The Balaban J connectivity index is 1.45. The first-order chi connectivity index (χ1) is 18.9. The van der Waals surface area contributed by atoms with Crippen molar-refractivity contribution in [1.29, 1.82) is 5.41 Å². The van der Waals surface area contributed by atoms with Gasteiger partial charge in [0.1, 0.15) is 18.2 Å². The second-order valence-electron chi connectivity index (χ2n) is 9.66. The molecule has 3 aromatic carbocycles. The number of thioether (sulfide) groups is 1. The highest BCUT2D eigenvalue weighted by molar-refractivity contribution is 7.98. The third-order valence-corrected chi connectivity index (χ3v) is 7.86. The highest BCUT2D eigenvalue weighted by Crippen LogP contribution is 2.34. The molecule has 0 bridgehead atoms. The number of hydrogen-bond acceptors (Lipinski definition) is 6. The molecule has 0 aromatic heterocycles. The molecule has 8 heteroatoms. The Morgan fingerprint density at radius 2 is 1.79 bits per heavy atom. The van der Waals surface area contributed by atoms with Crippen LogP contribution in [0, 0.1) is 11.3 Å². The summed E-state index contributed by atoms with van der Waals surface area (Å²) in [6.45, 7) is 0.971. The zero-order valence-electron chi connectivity index (χ0n) is 22.4. The molecule has 0 unspecified atom stereocenters. The Morgan fingerprint density at radius 1 is 1.08 bits per heavy atom. The van der Waals surface area contributed by atoms with Gasteiger partial charge in [-0.2, -0.15) is 0 Å². The molecule has 4 rings (SSSR count). The van der Waals surface area contributed by atoms with Crippen LogP contribution in [-0.4, -0.2) is 55.2 Å². The van der Waals surface area contributed by atoms with E-state index < -0.39 is 0 Å². The lowest BCUT2D eigenvalue weighted by atomic mass is 10.0. The summed E-state index contributed by atoms with van der Waals surface area (Å²) in [4.78, 5) is 28.1. The number of nitrogens with two attached hydrogens (primary N) is 1. The van der Waals surface area contributed by atoms with E-state index in [1.165, 1.54) is 12.7 Å². The first-order valence-electron chi connectivity index (χ1n) is 13.1. The minimum absolute atomic E-state index is 0.00323. The first-order valence-corrected chi connectivity index (χ1v) is 14.3. The van der Waals surface area contributed by atoms with Gasteiger partial charge in [-0.15, -0.1) is 11.8 Å². The number of carbonyl (C=O) groups excluding carboxylic acids is 2. The van der Waals surface area contributed by atoms with Crippen molar-refractivity contribution in [3.8, 4) is 16.9 Å². The van der Waals surface area contributed by atoms with E-state index >= 15 is 0 Å². The smallest absolute Gasteiger partial charge is 0.306 e. The molecule has 0 saturated carbocycles. The largest absolute Gasteiger partial charge is 0.490 e. The van der Waals surface area contributed by atoms with Gasteiger partial charge in [0, 0.05) is 17.0 Å². The van der Waals surface area contributed by atoms with Crippen LogP contribution >= 0.6 is 11.8 Å². The van der Waals surface area contributed by atoms with Crippen molar-refractivity contribution < 1.29 is 19.1 Å². The third-order valence-electron chi connectivity index (χ3n) is 7.10. The summed E-state index contributed by atoms with van der Waals surface area (Å²) < 4.78 is 11.1. The number of hydrogen-bond donors (Lipinski definition) is 2. The molecule has 1 saturated heterocycles. The molecule has 3 aromatic rings. The number of nitrogens with zero attached hydrogens (tertiary/aromatic N) is 1. The van der Waals surface area contributed by atoms with Crippen molar-refractivity contribution in [1.82, 2.24) is 4.90 Å². The molecule has 0 radical (unpaired) electrons. The van der Waals surface area contributed by atoms with Crippen LogP contribution < -0.4 is 10.5 Å². The van der Waals surface area contributed by atoms with E-state index in [1.54, 1.807) is 11.8 Å². The summed E-state index contributed by atoms with van der Waals surface area (Å²) in [7, 11) is 1.35. The number of esters is 1. The fraction of sp³-hybridized carbons (Fsp3) is 0.323. The molecule has 7 nitrogen and oxygen atoms in total. The van der Waals surface area contributed by atoms with Crippen LogP contribution in [0.2, 0.25) is 0 Å². The number of benzene rings is 3. The van der Waals surface area contributed by atoms with Crippen molar-refractivity contribution in [2.45, 2.75) is 36.6 Å². The van der Waals surface area contributed by atoms with Gasteiger partial charge >= 0.3 is 5.97 Å². The monoisotopic (exact) mass is 545 g/mol. The number of nitrogens with one attached hydrogen (secondary N) is 1. The number of likely N-dealkylation sites (tertiary alicyclic amines) is 1. The molecule has 2 atom stereocenters. The van der Waals surface area contributed by atoms with Crippen molar-refractivity contribution >= 4 is 29.5 Å². The summed E-state index contributed by atoms with van der Waals surface area (Å²) in [5.41, 5.74) is 9.58. The Hall–Kier alpha value is -3.78. The van der Waals surface area contributed by atoms with Gasteiger partial charge in [0.15, 0.2) is 0 Å². The minimum atomic E-state index is -0.386. The number of amides is 1. The molecule has 39 heavy (non-hydrogen) atoms. The lowest BCUT2D eigenvalue weighted by Gasteiger charge is -2.25. The Kier molecular flexibility index (Phi) is 9.65. The lowest BCUT2D eigenvalue weighted by Crippen LogP contribution is -2.38. The zero-order valence-corrected chi connectivity index (χ0v) is 23.2. The van der Waals surface area contributed by atoms with E-state index in [9.17, 15) is 9.59 Å². The molecule has 0 aliphatic carbocycles. The Morgan fingerprint density at radius 3 is 2.46 bits per heavy atom. The fourth-order valence-corrected chi connectivity index (χ4v) is 5.54. The number of aryl methyl sites for hydroxylation is 1. The number of amidine groups is 1. The van der Waals surface area contributed by atoms with Gasteiger partial charge < -0.3 is 20.1 Å². The van der Waals surface area contributed by atoms with Gasteiger partial charge in [0.05, 0.1) is 25.5 Å². The van der Waals surface area contributed by atoms with Crippen molar-refractivity contribution in [2.75, 3.05) is 26.5 Å². The van der Waals surface area contributed by atoms with Gasteiger partial charge in [0.25, 0.3) is 0 Å². The van der Waals surface area contributed by atoms with Crippen LogP contribution in [0.1, 0.15) is 30.4 Å². The van der Waals surface area contributed by atoms with Crippen LogP contribution in [0.5, 0.6) is 5.75 Å². The molecule has 1 amide bonds. The van der Waals surface area contributed by atoms with E-state index in [0.29, 0.717) is 25.1 Å². The second kappa shape index (κ2) is 13.3. The average molecular weight is 546 g/mol. The molecule has 1 aliphatic heterocycles. The maximum absolute atomic E-state index is 13.2. The van der Waals surface area contributed by atoms with Crippen LogP contribution in [-0.2, 0) is 20.7 Å². The molecular weight excluding hydrogens is 510 g/mol. The van der Waals surface area contributed by atoms with Gasteiger partial charge in [-0.3, -0.25) is 15.0 Å². The Labute approximate surface area is 234 Å². The molecule has 204 valence electrons. The summed E-state index contributed by atoms with van der Waals surface area (Å²) >= 11 is 1.60. The molecule has 3 N–H and O–H groups in total. The van der Waals surface area contributed by atoms with Crippen LogP contribution in [0.15, 0.2) is 77.7 Å². The first kappa shape index (κ1) is 28.2. The summed E-state index contributed by atoms with van der Waals surface area (Å²) in [6, 6.07) is 23.8. The van der Waals surface area contributed by atoms with Gasteiger partial charge in [-0.05, 0) is 54.3 Å². The molecule has 1 aliphatic rings. The van der Waals surface area contributed by atoms with Crippen LogP contribution in [0.25, 0.3) is 11.1 Å². The highest BCUT2D eigenvalue weighted by Gasteiger charge is 2.40. The van der Waals surface area contributed by atoms with Gasteiger partial charge in [-0.1, -0.05) is 60.7 Å². The van der Waals surface area contributed by atoms with E-state index in [0.717, 1.165) is 34.6 Å². The number of carbonyl (C=O) groups is 2. The maximum Gasteiger partial charge on any atom is 0.306 e. The zero-order chi connectivity index (χ0) is 27.8. The van der Waals surface area contributed by atoms with Crippen molar-refractivity contribution in [3.63, 3.8) is 0 Å². The average Bonchev–Trinajstić information content (AvgIpc) is 3.25. The number of ether oxygens (including phenoxy) is 2. The second-order valence-corrected chi connectivity index (χ2v) is 10.5. The van der Waals surface area contributed by atoms with Crippen molar-refractivity contribution in [2.24, 2.45) is 11.7 Å². The summed E-state index contributed by atoms with van der Waals surface area (Å²) in [5, 5.41) is 7.59. The molecular formula is C31H35N3O4S. The van der Waals surface area contributed by atoms with E-state index in [2.05, 4.69) is 18.2 Å². The van der Waals surface area contributed by atoms with Crippen LogP contribution in [0.3, 0.4) is 0 Å². The lowest BCUT2D eigenvalue weighted by molar-refractivity contribution is -0.144. The number of methoxy groups -OCH3 is 1. The quantitative estimate of drug-likeness (QED) is 0.141. The Bertz CT molecular complexity index is 1300. The van der Waals surface area contributed by atoms with Crippen LogP contribution in [0.4, 0.5) is 0 Å². The molecule has 0 spiro atoms. The maximum atomic E-state index is 13.2. The summed E-state index contributed by atoms with van der Waals surface area (Å²) in [5.74, 6) is 0.0542. The SMILES string of the molecule is COC(=O)C[C@@H]1C[C@@H](COc2ccc(-c3ccc(C(=N)N)cc3)cc2SC)N(CCCc2ccccc2)C1=O. The predicted octanol–water partition coefficient (Wildman–Crippen LogP) is 5.15. The number of rotatable bonds is 12. The van der Waals surface area contributed by atoms with Gasteiger partial charge in [0.2, 0.25) is 5.91 Å². The highest BCUT2D eigenvalue weighted by atomic mass is 32.2. The van der Waals surface area contributed by atoms with E-state index in [-0.39, 0.29) is 36.1 Å². The normalized spacial score (nSPS) is 16.8. The fourth-order valence-electron chi connectivity index (χ4n) is 4.97. The topological polar surface area (TPSA) is 106 Å². The van der Waals surface area contributed by atoms with Gasteiger partial charge in [-0.25, -0.2) is 0 Å². The number of nitrogen functional groups attached to an aromatic ring is 1. The summed E-state index contributed by atoms with van der Waals surface area (Å²) in [6.07, 6.45) is 4.38. The third kappa shape index (κ3) is 7.20. The van der Waals surface area contributed by atoms with E-state index in [4.69, 9.17) is 20.6 Å². The van der Waals surface area contributed by atoms with E-state index in [1.807, 2.05) is 65.8 Å². The predicted molar refractivity (Wildman–Crippen MR) is 155 cm³/mol.